The Balaban J connectivity index is 2.09. The highest BCUT2D eigenvalue weighted by atomic mass is 16.7. The molecule has 0 bridgehead atoms. The molecule has 9 heteroatoms. The van der Waals surface area contributed by atoms with Crippen LogP contribution in [0.1, 0.15) is 10.5 Å². The number of hydrogen-bond acceptors (Lipinski definition) is 6. The quantitative estimate of drug-likeness (QED) is 0.824. The highest BCUT2D eigenvalue weighted by molar-refractivity contribution is 5.93. The Hall–Kier alpha value is -3.10. The zero-order valence-corrected chi connectivity index (χ0v) is 11.6. The number of nitrogens with zero attached hydrogens (tertiary/aromatic N) is 3. The Kier molecular flexibility index (Phi) is 3.37. The minimum atomic E-state index is -1.23. The van der Waals surface area contributed by atoms with Gasteiger partial charge in [0.25, 0.3) is 0 Å². The maximum Gasteiger partial charge on any atom is 0.358 e. The highest BCUT2D eigenvalue weighted by Gasteiger charge is 2.23. The summed E-state index contributed by atoms with van der Waals surface area (Å²) in [4.78, 5) is 22.9. The van der Waals surface area contributed by atoms with Crippen molar-refractivity contribution in [1.82, 2.24) is 20.3 Å². The average Bonchev–Trinajstić information content (AvgIpc) is 3.12. The van der Waals surface area contributed by atoms with Gasteiger partial charge in [-0.3, -0.25) is 4.79 Å². The monoisotopic (exact) mass is 304 g/mol. The van der Waals surface area contributed by atoms with Crippen LogP contribution in [-0.4, -0.2) is 45.8 Å². The second-order valence-electron chi connectivity index (χ2n) is 4.49. The number of carboxylic acids is 1. The van der Waals surface area contributed by atoms with E-state index < -0.39 is 5.97 Å². The molecule has 9 nitrogen and oxygen atoms in total. The van der Waals surface area contributed by atoms with Crippen molar-refractivity contribution in [3.63, 3.8) is 0 Å². The molecule has 22 heavy (non-hydrogen) atoms. The lowest BCUT2D eigenvalue weighted by atomic mass is 10.1. The van der Waals surface area contributed by atoms with E-state index in [4.69, 9.17) is 9.47 Å². The molecule has 1 amide bonds. The van der Waals surface area contributed by atoms with Crippen molar-refractivity contribution in [3.05, 3.63) is 23.9 Å². The molecule has 1 aromatic heterocycles. The topological polar surface area (TPSA) is 116 Å². The molecule has 2 aromatic rings. The van der Waals surface area contributed by atoms with Gasteiger partial charge in [0.15, 0.2) is 17.2 Å². The normalized spacial score (nSPS) is 12.2. The molecule has 2 heterocycles. The fourth-order valence-electron chi connectivity index (χ4n) is 2.11. The number of amides is 1. The summed E-state index contributed by atoms with van der Waals surface area (Å²) in [6, 6.07) is 4.97. The maximum absolute atomic E-state index is 11.5. The number of aromatic carboxylic acids is 1. The molecule has 3 rings (SSSR count). The Labute approximate surface area is 124 Å². The lowest BCUT2D eigenvalue weighted by Gasteiger charge is -2.07. The van der Waals surface area contributed by atoms with Crippen molar-refractivity contribution < 1.29 is 24.2 Å². The third kappa shape index (κ3) is 2.32. The molecule has 0 saturated heterocycles. The van der Waals surface area contributed by atoms with Crippen LogP contribution in [0.2, 0.25) is 0 Å². The van der Waals surface area contributed by atoms with Crippen molar-refractivity contribution >= 4 is 11.9 Å². The lowest BCUT2D eigenvalue weighted by Crippen LogP contribution is -2.24. The standard InChI is InChI=1S/C13H12N4O5/c1-14-10(18)5-17-12(11(13(19)20)15-16-17)7-2-3-8-9(4-7)22-6-21-8/h2-4H,5-6H2,1H3,(H,14,18)(H,19,20). The number of fused-ring (bicyclic) bond motifs is 1. The number of nitrogens with one attached hydrogen (secondary N) is 1. The first-order valence-corrected chi connectivity index (χ1v) is 6.37. The zero-order valence-electron chi connectivity index (χ0n) is 11.6. The second-order valence-corrected chi connectivity index (χ2v) is 4.49. The minimum absolute atomic E-state index is 0.111. The van der Waals surface area contributed by atoms with Crippen LogP contribution < -0.4 is 14.8 Å². The van der Waals surface area contributed by atoms with E-state index in [0.717, 1.165) is 0 Å². The first-order chi connectivity index (χ1) is 10.6. The summed E-state index contributed by atoms with van der Waals surface area (Å²) in [5, 5.41) is 19.1. The highest BCUT2D eigenvalue weighted by Crippen LogP contribution is 2.36. The molecule has 0 saturated carbocycles. The van der Waals surface area contributed by atoms with Crippen LogP contribution in [0.5, 0.6) is 11.5 Å². The van der Waals surface area contributed by atoms with Gasteiger partial charge in [-0.05, 0) is 18.2 Å². The number of likely N-dealkylation sites (N-methyl/N-ethyl adjacent to an activating group) is 1. The minimum Gasteiger partial charge on any atom is -0.476 e. The van der Waals surface area contributed by atoms with Crippen molar-refractivity contribution in [2.45, 2.75) is 6.54 Å². The Morgan fingerprint density at radius 2 is 2.14 bits per heavy atom. The third-order valence-electron chi connectivity index (χ3n) is 3.16. The van der Waals surface area contributed by atoms with E-state index >= 15 is 0 Å². The van der Waals surface area contributed by atoms with E-state index in [2.05, 4.69) is 15.6 Å². The molecule has 1 aromatic carbocycles. The van der Waals surface area contributed by atoms with E-state index in [1.807, 2.05) is 0 Å². The van der Waals surface area contributed by atoms with Gasteiger partial charge in [-0.25, -0.2) is 9.48 Å². The SMILES string of the molecule is CNC(=O)Cn1nnc(C(=O)O)c1-c1ccc2c(c1)OCO2. The summed E-state index contributed by atoms with van der Waals surface area (Å²) in [6.45, 7) is -0.0269. The number of carboxylic acid groups (broad SMARTS) is 1. The van der Waals surface area contributed by atoms with Gasteiger partial charge in [-0.2, -0.15) is 0 Å². The van der Waals surface area contributed by atoms with Crippen LogP contribution in [0.25, 0.3) is 11.3 Å². The molecule has 0 aliphatic carbocycles. The largest absolute Gasteiger partial charge is 0.476 e. The number of ether oxygens (including phenoxy) is 2. The molecule has 0 spiro atoms. The first-order valence-electron chi connectivity index (χ1n) is 6.37. The van der Waals surface area contributed by atoms with Crippen LogP contribution in [0.15, 0.2) is 18.2 Å². The van der Waals surface area contributed by atoms with E-state index in [1.54, 1.807) is 18.2 Å². The van der Waals surface area contributed by atoms with Crippen molar-refractivity contribution in [2.24, 2.45) is 0 Å². The summed E-state index contributed by atoms with van der Waals surface area (Å²) in [5.41, 5.74) is 0.521. The molecule has 0 atom stereocenters. The number of rotatable bonds is 4. The Morgan fingerprint density at radius 1 is 1.36 bits per heavy atom. The predicted octanol–water partition coefficient (Wildman–Crippen LogP) is 0.118. The molecule has 0 fully saturated rings. The molecule has 0 radical (unpaired) electrons. The van der Waals surface area contributed by atoms with Crippen LogP contribution >= 0.6 is 0 Å². The molecule has 2 N–H and O–H groups in total. The maximum atomic E-state index is 11.5. The number of aromatic nitrogens is 3. The lowest BCUT2D eigenvalue weighted by molar-refractivity contribution is -0.121. The van der Waals surface area contributed by atoms with E-state index in [0.29, 0.717) is 17.1 Å². The summed E-state index contributed by atoms with van der Waals surface area (Å²) in [7, 11) is 1.48. The van der Waals surface area contributed by atoms with Gasteiger partial charge < -0.3 is 19.9 Å². The first kappa shape index (κ1) is 13.9. The number of carbonyl (C=O) groups excluding carboxylic acids is 1. The van der Waals surface area contributed by atoms with Crippen LogP contribution in [-0.2, 0) is 11.3 Å². The number of hydrogen-bond donors (Lipinski definition) is 2. The molecular formula is C13H12N4O5. The van der Waals surface area contributed by atoms with Crippen LogP contribution in [0.3, 0.4) is 0 Å². The van der Waals surface area contributed by atoms with E-state index in [9.17, 15) is 14.7 Å². The molecule has 1 aliphatic heterocycles. The van der Waals surface area contributed by atoms with E-state index in [-0.39, 0.29) is 30.6 Å². The van der Waals surface area contributed by atoms with Crippen molar-refractivity contribution in [1.29, 1.82) is 0 Å². The van der Waals surface area contributed by atoms with E-state index in [1.165, 1.54) is 11.7 Å². The predicted molar refractivity (Wildman–Crippen MR) is 72.6 cm³/mol. The summed E-state index contributed by atoms with van der Waals surface area (Å²) in [6.07, 6.45) is 0. The van der Waals surface area contributed by atoms with Crippen molar-refractivity contribution in [3.8, 4) is 22.8 Å². The molecule has 114 valence electrons. The van der Waals surface area contributed by atoms with Gasteiger partial charge >= 0.3 is 5.97 Å². The van der Waals surface area contributed by atoms with Gasteiger partial charge in [-0.15, -0.1) is 5.10 Å². The smallest absolute Gasteiger partial charge is 0.358 e. The summed E-state index contributed by atoms with van der Waals surface area (Å²) in [5.74, 6) is -0.466. The van der Waals surface area contributed by atoms with Gasteiger partial charge in [0.1, 0.15) is 12.2 Å². The van der Waals surface area contributed by atoms with Crippen LogP contribution in [0.4, 0.5) is 0 Å². The molecule has 0 unspecified atom stereocenters. The van der Waals surface area contributed by atoms with Gasteiger partial charge in [0.05, 0.1) is 0 Å². The van der Waals surface area contributed by atoms with Crippen molar-refractivity contribution in [2.75, 3.05) is 13.8 Å². The fourth-order valence-corrected chi connectivity index (χ4v) is 2.11. The van der Waals surface area contributed by atoms with Gasteiger partial charge in [0, 0.05) is 12.6 Å². The number of carbonyl (C=O) groups is 2. The third-order valence-corrected chi connectivity index (χ3v) is 3.16. The summed E-state index contributed by atoms with van der Waals surface area (Å²) >= 11 is 0. The van der Waals surface area contributed by atoms with Crippen LogP contribution in [0, 0.1) is 0 Å². The zero-order chi connectivity index (χ0) is 15.7. The average molecular weight is 304 g/mol. The van der Waals surface area contributed by atoms with Gasteiger partial charge in [-0.1, -0.05) is 5.21 Å². The fraction of sp³-hybridized carbons (Fsp3) is 0.231. The number of benzene rings is 1. The molecular weight excluding hydrogens is 292 g/mol. The Bertz CT molecular complexity index is 755. The summed E-state index contributed by atoms with van der Waals surface area (Å²) < 4.78 is 11.7. The molecule has 1 aliphatic rings. The second kappa shape index (κ2) is 5.35. The Morgan fingerprint density at radius 3 is 2.86 bits per heavy atom. The van der Waals surface area contributed by atoms with Gasteiger partial charge in [0.2, 0.25) is 12.7 Å².